The smallest absolute Gasteiger partial charge is 0.123 e. The lowest BCUT2D eigenvalue weighted by Crippen LogP contribution is -2.29. The van der Waals surface area contributed by atoms with Crippen LogP contribution in [0.25, 0.3) is 0 Å². The number of aromatic nitrogens is 2. The molecule has 0 aliphatic heterocycles. The molecular weight excluding hydrogens is 245 g/mol. The maximum Gasteiger partial charge on any atom is 0.123 e. The fourth-order valence-corrected chi connectivity index (χ4v) is 2.11. The molecule has 0 aliphatic carbocycles. The normalized spacial score (nSPS) is 12.6. The van der Waals surface area contributed by atoms with E-state index in [-0.39, 0.29) is 11.9 Å². The van der Waals surface area contributed by atoms with Gasteiger partial charge in [0.2, 0.25) is 0 Å². The minimum atomic E-state index is -0.315. The molecule has 0 radical (unpaired) electrons. The van der Waals surface area contributed by atoms with Crippen molar-refractivity contribution in [2.24, 2.45) is 12.9 Å². The Morgan fingerprint density at radius 1 is 1.42 bits per heavy atom. The van der Waals surface area contributed by atoms with Crippen molar-refractivity contribution in [1.29, 1.82) is 0 Å². The molecule has 2 aromatic rings. The fourth-order valence-electron chi connectivity index (χ4n) is 2.11. The average Bonchev–Trinajstić information content (AvgIpc) is 2.80. The summed E-state index contributed by atoms with van der Waals surface area (Å²) in [6.07, 6.45) is 3.24. The van der Waals surface area contributed by atoms with Crippen LogP contribution in [0, 0.1) is 5.82 Å². The number of rotatable bonds is 5. The minimum Gasteiger partial charge on any atom is -0.398 e. The Morgan fingerprint density at radius 2 is 2.21 bits per heavy atom. The van der Waals surface area contributed by atoms with Crippen molar-refractivity contribution >= 4 is 5.69 Å². The molecule has 1 unspecified atom stereocenters. The molecule has 6 heteroatoms. The summed E-state index contributed by atoms with van der Waals surface area (Å²) >= 11 is 0. The number of aryl methyl sites for hydroxylation is 2. The van der Waals surface area contributed by atoms with Gasteiger partial charge < -0.3 is 5.73 Å². The van der Waals surface area contributed by atoms with E-state index in [1.807, 2.05) is 17.8 Å². The number of nitrogen functional groups attached to an aromatic ring is 1. The van der Waals surface area contributed by atoms with Gasteiger partial charge in [0.25, 0.3) is 0 Å². The largest absolute Gasteiger partial charge is 0.398 e. The van der Waals surface area contributed by atoms with Crippen molar-refractivity contribution in [2.45, 2.75) is 18.9 Å². The van der Waals surface area contributed by atoms with Crippen molar-refractivity contribution in [3.63, 3.8) is 0 Å². The fraction of sp³-hybridized carbons (Fsp3) is 0.308. The van der Waals surface area contributed by atoms with Crippen LogP contribution in [-0.4, -0.2) is 9.78 Å². The van der Waals surface area contributed by atoms with Crippen LogP contribution in [0.1, 0.15) is 23.7 Å². The van der Waals surface area contributed by atoms with E-state index < -0.39 is 0 Å². The van der Waals surface area contributed by atoms with Crippen LogP contribution < -0.4 is 17.0 Å². The zero-order chi connectivity index (χ0) is 13.8. The standard InChI is InChI=1S/C13H18FN5/c1-19-10(6-7-17-19)3-5-13(18-16)11-8-9(14)2-4-12(11)15/h2,4,6-8,13,18H,3,5,15-16H2,1H3. The molecule has 0 fully saturated rings. The van der Waals surface area contributed by atoms with Crippen molar-refractivity contribution in [3.05, 3.63) is 47.5 Å². The summed E-state index contributed by atoms with van der Waals surface area (Å²) in [6.45, 7) is 0. The molecule has 0 spiro atoms. The Hall–Kier alpha value is -1.92. The molecule has 0 saturated carbocycles. The summed E-state index contributed by atoms with van der Waals surface area (Å²) < 4.78 is 15.1. The van der Waals surface area contributed by atoms with E-state index in [1.165, 1.54) is 12.1 Å². The molecule has 0 aliphatic rings. The molecule has 5 nitrogen and oxygen atoms in total. The summed E-state index contributed by atoms with van der Waals surface area (Å²) in [5, 5.41) is 4.11. The number of anilines is 1. The first-order chi connectivity index (χ1) is 9.11. The van der Waals surface area contributed by atoms with Crippen LogP contribution in [0.2, 0.25) is 0 Å². The maximum atomic E-state index is 13.3. The number of nitrogens with zero attached hydrogens (tertiary/aromatic N) is 2. The molecule has 19 heavy (non-hydrogen) atoms. The van der Waals surface area contributed by atoms with Crippen LogP contribution in [0.3, 0.4) is 0 Å². The van der Waals surface area contributed by atoms with E-state index >= 15 is 0 Å². The molecule has 1 aromatic heterocycles. The highest BCUT2D eigenvalue weighted by molar-refractivity contribution is 5.48. The van der Waals surface area contributed by atoms with E-state index in [9.17, 15) is 4.39 Å². The number of halogens is 1. The second kappa shape index (κ2) is 5.81. The minimum absolute atomic E-state index is 0.189. The Labute approximate surface area is 111 Å². The third kappa shape index (κ3) is 3.10. The monoisotopic (exact) mass is 263 g/mol. The lowest BCUT2D eigenvalue weighted by Gasteiger charge is -2.18. The Balaban J connectivity index is 2.12. The van der Waals surface area contributed by atoms with Crippen molar-refractivity contribution in [2.75, 3.05) is 5.73 Å². The first-order valence-corrected chi connectivity index (χ1v) is 6.09. The van der Waals surface area contributed by atoms with Gasteiger partial charge in [-0.15, -0.1) is 0 Å². The lowest BCUT2D eigenvalue weighted by atomic mass is 10.00. The highest BCUT2D eigenvalue weighted by Crippen LogP contribution is 2.24. The summed E-state index contributed by atoms with van der Waals surface area (Å²) in [5.41, 5.74) is 10.9. The van der Waals surface area contributed by atoms with Gasteiger partial charge in [0.1, 0.15) is 5.82 Å². The molecular formula is C13H18FN5. The van der Waals surface area contributed by atoms with E-state index in [0.29, 0.717) is 17.7 Å². The Kier molecular flexibility index (Phi) is 4.13. The molecule has 1 atom stereocenters. The number of benzene rings is 1. The van der Waals surface area contributed by atoms with Gasteiger partial charge >= 0.3 is 0 Å². The van der Waals surface area contributed by atoms with Gasteiger partial charge in [0.05, 0.1) is 0 Å². The molecule has 102 valence electrons. The maximum absolute atomic E-state index is 13.3. The van der Waals surface area contributed by atoms with Gasteiger partial charge in [-0.3, -0.25) is 16.0 Å². The van der Waals surface area contributed by atoms with Crippen molar-refractivity contribution < 1.29 is 4.39 Å². The second-order valence-corrected chi connectivity index (χ2v) is 4.48. The first-order valence-electron chi connectivity index (χ1n) is 6.09. The quantitative estimate of drug-likeness (QED) is 0.431. The summed E-state index contributed by atoms with van der Waals surface area (Å²) in [7, 11) is 1.89. The van der Waals surface area contributed by atoms with Gasteiger partial charge in [-0.05, 0) is 42.7 Å². The number of hydrogen-bond acceptors (Lipinski definition) is 4. The number of hydrazine groups is 1. The number of hydrogen-bond donors (Lipinski definition) is 3. The SMILES string of the molecule is Cn1nccc1CCC(NN)c1cc(F)ccc1N. The summed E-state index contributed by atoms with van der Waals surface area (Å²) in [5.74, 6) is 5.24. The molecule has 1 heterocycles. The van der Waals surface area contributed by atoms with Gasteiger partial charge in [-0.2, -0.15) is 5.10 Å². The molecule has 2 rings (SSSR count). The van der Waals surface area contributed by atoms with Crippen LogP contribution in [0.5, 0.6) is 0 Å². The molecule has 5 N–H and O–H groups in total. The Bertz CT molecular complexity index is 552. The van der Waals surface area contributed by atoms with Gasteiger partial charge in [0.15, 0.2) is 0 Å². The van der Waals surface area contributed by atoms with E-state index in [4.69, 9.17) is 11.6 Å². The third-order valence-electron chi connectivity index (χ3n) is 3.24. The highest BCUT2D eigenvalue weighted by Gasteiger charge is 2.14. The van der Waals surface area contributed by atoms with E-state index in [2.05, 4.69) is 10.5 Å². The summed E-state index contributed by atoms with van der Waals surface area (Å²) in [6, 6.07) is 6.07. The molecule has 1 aromatic carbocycles. The van der Waals surface area contributed by atoms with Crippen molar-refractivity contribution in [3.8, 4) is 0 Å². The van der Waals surface area contributed by atoms with Crippen molar-refractivity contribution in [1.82, 2.24) is 15.2 Å². The number of nitrogens with one attached hydrogen (secondary N) is 1. The average molecular weight is 263 g/mol. The zero-order valence-corrected chi connectivity index (χ0v) is 10.8. The predicted octanol–water partition coefficient (Wildman–Crippen LogP) is 1.28. The summed E-state index contributed by atoms with van der Waals surface area (Å²) in [4.78, 5) is 0. The van der Waals surface area contributed by atoms with E-state index in [1.54, 1.807) is 12.3 Å². The predicted molar refractivity (Wildman–Crippen MR) is 72.4 cm³/mol. The van der Waals surface area contributed by atoms with Gasteiger partial charge in [-0.1, -0.05) is 0 Å². The second-order valence-electron chi connectivity index (χ2n) is 4.48. The van der Waals surface area contributed by atoms with Crippen LogP contribution in [0.15, 0.2) is 30.5 Å². The van der Waals surface area contributed by atoms with Crippen LogP contribution in [0.4, 0.5) is 10.1 Å². The van der Waals surface area contributed by atoms with Crippen LogP contribution >= 0.6 is 0 Å². The third-order valence-corrected chi connectivity index (χ3v) is 3.24. The van der Waals surface area contributed by atoms with Crippen LogP contribution in [-0.2, 0) is 13.5 Å². The Morgan fingerprint density at radius 3 is 2.84 bits per heavy atom. The first kappa shape index (κ1) is 13.5. The number of nitrogens with two attached hydrogens (primary N) is 2. The molecule has 0 bridgehead atoms. The topological polar surface area (TPSA) is 81.9 Å². The van der Waals surface area contributed by atoms with Gasteiger partial charge in [-0.25, -0.2) is 4.39 Å². The molecule has 0 saturated heterocycles. The lowest BCUT2D eigenvalue weighted by molar-refractivity contribution is 0.504. The zero-order valence-electron chi connectivity index (χ0n) is 10.8. The van der Waals surface area contributed by atoms with E-state index in [0.717, 1.165) is 12.1 Å². The highest BCUT2D eigenvalue weighted by atomic mass is 19.1. The van der Waals surface area contributed by atoms with Gasteiger partial charge in [0, 0.05) is 30.7 Å². The molecule has 0 amide bonds.